The minimum Gasteiger partial charge on any atom is -0.458 e. The van der Waals surface area contributed by atoms with Gasteiger partial charge in [0.2, 0.25) is 6.29 Å². The first kappa shape index (κ1) is 27.5. The smallest absolute Gasteiger partial charge is 0.331 e. The molecule has 1 spiro atoms. The summed E-state index contributed by atoms with van der Waals surface area (Å²) in [7, 11) is 0. The van der Waals surface area contributed by atoms with Gasteiger partial charge >= 0.3 is 5.97 Å². The zero-order valence-corrected chi connectivity index (χ0v) is 25.0. The fourth-order valence-electron chi connectivity index (χ4n) is 11.1. The van der Waals surface area contributed by atoms with Crippen molar-refractivity contribution < 1.29 is 39.1 Å². The second-order valence-electron chi connectivity index (χ2n) is 14.7. The monoisotopic (exact) mass is 589 g/mol. The van der Waals surface area contributed by atoms with Crippen LogP contribution >= 0.6 is 11.8 Å². The molecular weight excluding hydrogens is 546 g/mol. The summed E-state index contributed by atoms with van der Waals surface area (Å²) in [5.41, 5.74) is -0.104. The zero-order valence-electron chi connectivity index (χ0n) is 24.2. The summed E-state index contributed by atoms with van der Waals surface area (Å²) in [6.45, 7) is 6.77. The number of esters is 1. The van der Waals surface area contributed by atoms with E-state index in [0.29, 0.717) is 24.2 Å². The van der Waals surface area contributed by atoms with Crippen LogP contribution in [0.15, 0.2) is 16.6 Å². The topological polar surface area (TPSA) is 127 Å². The number of rotatable bonds is 1. The van der Waals surface area contributed by atoms with Crippen molar-refractivity contribution in [2.75, 3.05) is 12.4 Å². The molecule has 0 aromatic carbocycles. The number of carbonyl (C=O) groups excluding carboxylic acids is 1. The predicted octanol–water partition coefficient (Wildman–Crippen LogP) is 2.95. The van der Waals surface area contributed by atoms with Crippen LogP contribution in [-0.4, -0.2) is 86.8 Å². The van der Waals surface area contributed by atoms with E-state index in [2.05, 4.69) is 18.8 Å². The standard InChI is InChI=1S/C31H43NO8S/c1-16-25(34)30(32-10-11-41-30)31(36)26(38-16)39-22-13-18-4-5-21-20(27(18,2)14-23(22)40-31)6-8-28(3)19(7-9-29(21,28)35)17-12-24(33)37-15-17/h10,12,16,18-23,25-26,34-36H,4-9,11,13-15H2,1-3H3/t16-,18+,19-,20+,21-,22-,23-,25?,26+,27+,28-,29+,30?,31?/m1/s1. The van der Waals surface area contributed by atoms with Crippen LogP contribution in [0.25, 0.3) is 0 Å². The van der Waals surface area contributed by atoms with Crippen LogP contribution in [0.2, 0.25) is 0 Å². The van der Waals surface area contributed by atoms with Crippen molar-refractivity contribution in [1.29, 1.82) is 0 Å². The Kier molecular flexibility index (Phi) is 5.91. The van der Waals surface area contributed by atoms with E-state index in [1.807, 2.05) is 0 Å². The Morgan fingerprint density at radius 2 is 1.88 bits per heavy atom. The molecule has 0 aromatic rings. The van der Waals surface area contributed by atoms with Crippen LogP contribution in [0, 0.1) is 34.5 Å². The SMILES string of the molecule is C[C@H]1O[C@H]2O[C@@H]3C[C@@H]4CC[C@@H]5[C@H](CC[C@]6(C)[C@@H](C7=CC(=O)OC7)CC[C@]56O)[C@@]4(C)C[C@H]3OC2(O)C2(N=CCS2)C1O. The minimum atomic E-state index is -1.90. The van der Waals surface area contributed by atoms with Crippen molar-refractivity contribution in [2.24, 2.45) is 39.5 Å². The van der Waals surface area contributed by atoms with Gasteiger partial charge in [-0.3, -0.25) is 4.99 Å². The summed E-state index contributed by atoms with van der Waals surface area (Å²) < 4.78 is 24.5. The summed E-state index contributed by atoms with van der Waals surface area (Å²) >= 11 is 1.39. The van der Waals surface area contributed by atoms with Gasteiger partial charge in [0.05, 0.1) is 23.9 Å². The number of carbonyl (C=O) groups is 1. The van der Waals surface area contributed by atoms with Gasteiger partial charge in [0, 0.05) is 23.5 Å². The number of ether oxygens (including phenoxy) is 4. The number of aliphatic hydroxyl groups excluding tert-OH is 1. The van der Waals surface area contributed by atoms with Crippen LogP contribution in [0.4, 0.5) is 0 Å². The first-order chi connectivity index (χ1) is 19.5. The minimum absolute atomic E-state index is 0.0851. The van der Waals surface area contributed by atoms with Crippen molar-refractivity contribution in [2.45, 2.75) is 119 Å². The molecule has 0 bridgehead atoms. The molecule has 8 aliphatic rings. The Balaban J connectivity index is 1.09. The number of thioether (sulfide) groups is 1. The molecule has 41 heavy (non-hydrogen) atoms. The second kappa shape index (κ2) is 8.79. The summed E-state index contributed by atoms with van der Waals surface area (Å²) in [6.07, 6.45) is 7.35. The first-order valence-corrected chi connectivity index (χ1v) is 16.6. The highest BCUT2D eigenvalue weighted by atomic mass is 32.2. The molecule has 6 fully saturated rings. The van der Waals surface area contributed by atoms with Gasteiger partial charge < -0.3 is 34.3 Å². The largest absolute Gasteiger partial charge is 0.458 e. The van der Waals surface area contributed by atoms with Crippen LogP contribution in [0.1, 0.15) is 72.1 Å². The molecule has 10 heteroatoms. The molecule has 3 N–H and O–H groups in total. The molecule has 3 unspecified atom stereocenters. The highest BCUT2D eigenvalue weighted by molar-refractivity contribution is 8.01. The van der Waals surface area contributed by atoms with Crippen molar-refractivity contribution in [1.82, 2.24) is 0 Å². The number of hydrogen-bond acceptors (Lipinski definition) is 10. The lowest BCUT2D eigenvalue weighted by Crippen LogP contribution is -2.77. The number of nitrogens with zero attached hydrogens (tertiary/aromatic N) is 1. The van der Waals surface area contributed by atoms with Gasteiger partial charge in [-0.15, -0.1) is 11.8 Å². The fourth-order valence-corrected chi connectivity index (χ4v) is 12.4. The maximum Gasteiger partial charge on any atom is 0.331 e. The lowest BCUT2D eigenvalue weighted by Gasteiger charge is -2.66. The number of cyclic esters (lactones) is 1. The Hall–Kier alpha value is -1.01. The third kappa shape index (κ3) is 3.36. The van der Waals surface area contributed by atoms with Crippen molar-refractivity contribution in [3.8, 4) is 0 Å². The molecule has 4 aliphatic carbocycles. The molecule has 9 nitrogen and oxygen atoms in total. The van der Waals surface area contributed by atoms with E-state index in [4.69, 9.17) is 18.9 Å². The van der Waals surface area contributed by atoms with Crippen molar-refractivity contribution >= 4 is 23.9 Å². The molecule has 14 atom stereocenters. The molecule has 8 rings (SSSR count). The molecular formula is C31H43NO8S. The lowest BCUT2D eigenvalue weighted by molar-refractivity contribution is -0.456. The third-order valence-corrected chi connectivity index (χ3v) is 14.7. The molecule has 0 radical (unpaired) electrons. The van der Waals surface area contributed by atoms with E-state index in [1.165, 1.54) is 11.8 Å². The summed E-state index contributed by atoms with van der Waals surface area (Å²) in [4.78, 5) is 15.2. The highest BCUT2D eigenvalue weighted by Crippen LogP contribution is 2.70. The van der Waals surface area contributed by atoms with E-state index in [1.54, 1.807) is 19.2 Å². The van der Waals surface area contributed by atoms with Gasteiger partial charge in [0.15, 0.2) is 4.87 Å². The number of aliphatic imine (C=N–C) groups is 1. The van der Waals surface area contributed by atoms with Gasteiger partial charge in [0.25, 0.3) is 5.79 Å². The lowest BCUT2D eigenvalue weighted by atomic mass is 9.43. The van der Waals surface area contributed by atoms with Gasteiger partial charge in [-0.05, 0) is 93.0 Å². The van der Waals surface area contributed by atoms with Crippen LogP contribution < -0.4 is 0 Å². The summed E-state index contributed by atoms with van der Waals surface area (Å²) in [5.74, 6) is -0.487. The molecule has 4 heterocycles. The third-order valence-electron chi connectivity index (χ3n) is 13.3. The highest BCUT2D eigenvalue weighted by Gasteiger charge is 2.73. The van der Waals surface area contributed by atoms with E-state index in [-0.39, 0.29) is 40.8 Å². The normalized spacial score (nSPS) is 59.1. The summed E-state index contributed by atoms with van der Waals surface area (Å²) in [5, 5.41) is 35.8. The van der Waals surface area contributed by atoms with E-state index in [9.17, 15) is 20.1 Å². The number of fused-ring (bicyclic) bond motifs is 8. The molecule has 4 aliphatic heterocycles. The Morgan fingerprint density at radius 3 is 2.61 bits per heavy atom. The second-order valence-corrected chi connectivity index (χ2v) is 15.9. The van der Waals surface area contributed by atoms with Crippen molar-refractivity contribution in [3.63, 3.8) is 0 Å². The maximum absolute atomic E-state index is 12.6. The fraction of sp³-hybridized carbons (Fsp3) is 0.871. The average molecular weight is 590 g/mol. The zero-order chi connectivity index (χ0) is 28.6. The van der Waals surface area contributed by atoms with Gasteiger partial charge in [-0.2, -0.15) is 0 Å². The molecule has 226 valence electrons. The molecule has 4 saturated carbocycles. The Morgan fingerprint density at radius 1 is 1.05 bits per heavy atom. The maximum atomic E-state index is 12.6. The van der Waals surface area contributed by atoms with Crippen LogP contribution in [0.3, 0.4) is 0 Å². The van der Waals surface area contributed by atoms with E-state index < -0.39 is 34.8 Å². The van der Waals surface area contributed by atoms with E-state index >= 15 is 0 Å². The van der Waals surface area contributed by atoms with Crippen molar-refractivity contribution in [3.05, 3.63) is 11.6 Å². The Labute approximate surface area is 245 Å². The van der Waals surface area contributed by atoms with Gasteiger partial charge in [-0.25, -0.2) is 4.79 Å². The quantitative estimate of drug-likeness (QED) is 0.313. The first-order valence-electron chi connectivity index (χ1n) is 15.6. The summed E-state index contributed by atoms with van der Waals surface area (Å²) in [6, 6.07) is 0. The van der Waals surface area contributed by atoms with E-state index in [0.717, 1.165) is 56.9 Å². The number of hydrogen-bond donors (Lipinski definition) is 3. The molecule has 2 saturated heterocycles. The predicted molar refractivity (Wildman–Crippen MR) is 150 cm³/mol. The Bertz CT molecular complexity index is 1210. The average Bonchev–Trinajstić information content (AvgIpc) is 3.65. The van der Waals surface area contributed by atoms with Gasteiger partial charge in [0.1, 0.15) is 12.7 Å². The van der Waals surface area contributed by atoms with Crippen LogP contribution in [-0.2, 0) is 23.7 Å². The van der Waals surface area contributed by atoms with Gasteiger partial charge in [-0.1, -0.05) is 13.8 Å². The number of aliphatic hydroxyl groups is 3. The molecule has 0 amide bonds. The van der Waals surface area contributed by atoms with Crippen LogP contribution in [0.5, 0.6) is 0 Å². The molecule has 0 aromatic heterocycles.